The fourth-order valence-corrected chi connectivity index (χ4v) is 1.56. The van der Waals surface area contributed by atoms with Crippen LogP contribution in [0, 0.1) is 11.8 Å². The van der Waals surface area contributed by atoms with Crippen molar-refractivity contribution in [3.8, 4) is 0 Å². The lowest BCUT2D eigenvalue weighted by Crippen LogP contribution is -2.20. The standard InChI is InChI=1S/C8H17N.CH2O2/c1-7-2-4-8(6-9)5-3-7;2-1-3/h7-8H,2-6,9H2,1H3;1H,(H,2,3). The molecular formula is C9H19NO2. The molecule has 0 saturated heterocycles. The Morgan fingerprint density at radius 2 is 1.83 bits per heavy atom. The highest BCUT2D eigenvalue weighted by Gasteiger charge is 2.15. The van der Waals surface area contributed by atoms with Crippen molar-refractivity contribution in [3.63, 3.8) is 0 Å². The van der Waals surface area contributed by atoms with E-state index in [0.29, 0.717) is 0 Å². The third-order valence-corrected chi connectivity index (χ3v) is 2.47. The van der Waals surface area contributed by atoms with Gasteiger partial charge in [0.2, 0.25) is 0 Å². The van der Waals surface area contributed by atoms with Crippen LogP contribution in [-0.2, 0) is 4.79 Å². The molecule has 0 aromatic rings. The molecule has 0 aromatic carbocycles. The molecule has 0 bridgehead atoms. The summed E-state index contributed by atoms with van der Waals surface area (Å²) < 4.78 is 0. The van der Waals surface area contributed by atoms with E-state index in [4.69, 9.17) is 15.6 Å². The summed E-state index contributed by atoms with van der Waals surface area (Å²) in [6.45, 7) is 3.00. The molecule has 0 amide bonds. The van der Waals surface area contributed by atoms with E-state index in [0.717, 1.165) is 18.4 Å². The smallest absolute Gasteiger partial charge is 0.290 e. The molecule has 0 spiro atoms. The predicted molar refractivity (Wildman–Crippen MR) is 48.9 cm³/mol. The van der Waals surface area contributed by atoms with E-state index in [1.807, 2.05) is 0 Å². The topological polar surface area (TPSA) is 63.3 Å². The molecule has 3 N–H and O–H groups in total. The summed E-state index contributed by atoms with van der Waals surface area (Å²) in [4.78, 5) is 8.36. The van der Waals surface area contributed by atoms with E-state index in [1.54, 1.807) is 0 Å². The molecule has 1 rings (SSSR count). The van der Waals surface area contributed by atoms with Gasteiger partial charge in [-0.15, -0.1) is 0 Å². The lowest BCUT2D eigenvalue weighted by molar-refractivity contribution is -0.122. The molecule has 1 fully saturated rings. The van der Waals surface area contributed by atoms with Crippen molar-refractivity contribution in [1.82, 2.24) is 0 Å². The zero-order chi connectivity index (χ0) is 9.40. The molecule has 3 heteroatoms. The fourth-order valence-electron chi connectivity index (χ4n) is 1.56. The summed E-state index contributed by atoms with van der Waals surface area (Å²) >= 11 is 0. The SMILES string of the molecule is CC1CCC(CN)CC1.O=CO. The van der Waals surface area contributed by atoms with Gasteiger partial charge in [-0.1, -0.05) is 19.8 Å². The number of hydrogen-bond donors (Lipinski definition) is 2. The Labute approximate surface area is 74.0 Å². The minimum absolute atomic E-state index is 0.250. The summed E-state index contributed by atoms with van der Waals surface area (Å²) in [5.41, 5.74) is 5.55. The minimum Gasteiger partial charge on any atom is -0.483 e. The van der Waals surface area contributed by atoms with E-state index < -0.39 is 0 Å². The molecule has 0 aromatic heterocycles. The average Bonchev–Trinajstić information content (AvgIpc) is 2.07. The van der Waals surface area contributed by atoms with Crippen LogP contribution >= 0.6 is 0 Å². The number of carbonyl (C=O) groups is 1. The third kappa shape index (κ3) is 5.13. The van der Waals surface area contributed by atoms with Crippen molar-refractivity contribution in [2.24, 2.45) is 17.6 Å². The van der Waals surface area contributed by atoms with Crippen molar-refractivity contribution in [2.75, 3.05) is 6.54 Å². The maximum absolute atomic E-state index is 8.36. The summed E-state index contributed by atoms with van der Waals surface area (Å²) in [6.07, 6.45) is 5.55. The van der Waals surface area contributed by atoms with Gasteiger partial charge in [-0.2, -0.15) is 0 Å². The quantitative estimate of drug-likeness (QED) is 0.590. The van der Waals surface area contributed by atoms with Crippen LogP contribution in [0.25, 0.3) is 0 Å². The highest BCUT2D eigenvalue weighted by molar-refractivity contribution is 5.32. The Balaban J connectivity index is 0.000000354. The lowest BCUT2D eigenvalue weighted by atomic mass is 9.83. The van der Waals surface area contributed by atoms with Crippen molar-refractivity contribution in [3.05, 3.63) is 0 Å². The molecule has 0 unspecified atom stereocenters. The van der Waals surface area contributed by atoms with Gasteiger partial charge < -0.3 is 10.8 Å². The molecule has 1 aliphatic carbocycles. The largest absolute Gasteiger partial charge is 0.483 e. The zero-order valence-corrected chi connectivity index (χ0v) is 7.70. The van der Waals surface area contributed by atoms with Gasteiger partial charge in [-0.25, -0.2) is 0 Å². The highest BCUT2D eigenvalue weighted by Crippen LogP contribution is 2.26. The summed E-state index contributed by atoms with van der Waals surface area (Å²) in [7, 11) is 0. The predicted octanol–water partition coefficient (Wildman–Crippen LogP) is 1.47. The van der Waals surface area contributed by atoms with Crippen LogP contribution in [0.4, 0.5) is 0 Å². The van der Waals surface area contributed by atoms with Crippen LogP contribution in [0.3, 0.4) is 0 Å². The van der Waals surface area contributed by atoms with Gasteiger partial charge in [-0.05, 0) is 31.2 Å². The van der Waals surface area contributed by atoms with Crippen molar-refractivity contribution >= 4 is 6.47 Å². The summed E-state index contributed by atoms with van der Waals surface area (Å²) in [6, 6.07) is 0. The highest BCUT2D eigenvalue weighted by atomic mass is 16.3. The van der Waals surface area contributed by atoms with Crippen LogP contribution in [0.1, 0.15) is 32.6 Å². The first-order chi connectivity index (χ1) is 5.74. The third-order valence-electron chi connectivity index (χ3n) is 2.47. The van der Waals surface area contributed by atoms with Gasteiger partial charge in [0, 0.05) is 0 Å². The Bertz CT molecular complexity index is 109. The second-order valence-corrected chi connectivity index (χ2v) is 3.47. The van der Waals surface area contributed by atoms with Crippen LogP contribution < -0.4 is 5.73 Å². The van der Waals surface area contributed by atoms with Crippen molar-refractivity contribution in [2.45, 2.75) is 32.6 Å². The Morgan fingerprint density at radius 1 is 1.42 bits per heavy atom. The lowest BCUT2D eigenvalue weighted by Gasteiger charge is -2.24. The number of hydrogen-bond acceptors (Lipinski definition) is 2. The van der Waals surface area contributed by atoms with Gasteiger partial charge >= 0.3 is 0 Å². The van der Waals surface area contributed by atoms with Gasteiger partial charge in [0.25, 0.3) is 6.47 Å². The summed E-state index contributed by atoms with van der Waals surface area (Å²) in [5, 5.41) is 6.89. The molecule has 72 valence electrons. The van der Waals surface area contributed by atoms with E-state index >= 15 is 0 Å². The molecule has 1 saturated carbocycles. The van der Waals surface area contributed by atoms with Gasteiger partial charge in [-0.3, -0.25) is 4.79 Å². The number of carboxylic acid groups (broad SMARTS) is 1. The van der Waals surface area contributed by atoms with Gasteiger partial charge in [0.1, 0.15) is 0 Å². The molecule has 0 aliphatic heterocycles. The first kappa shape index (κ1) is 11.4. The first-order valence-electron chi connectivity index (χ1n) is 4.52. The molecule has 0 heterocycles. The van der Waals surface area contributed by atoms with Gasteiger partial charge in [0.15, 0.2) is 0 Å². The van der Waals surface area contributed by atoms with Crippen molar-refractivity contribution in [1.29, 1.82) is 0 Å². The van der Waals surface area contributed by atoms with Crippen LogP contribution in [0.15, 0.2) is 0 Å². The normalized spacial score (nSPS) is 28.5. The fraction of sp³-hybridized carbons (Fsp3) is 0.889. The Kier molecular flexibility index (Phi) is 6.76. The number of rotatable bonds is 1. The van der Waals surface area contributed by atoms with Gasteiger partial charge in [0.05, 0.1) is 0 Å². The molecule has 0 atom stereocenters. The molecule has 1 aliphatic rings. The van der Waals surface area contributed by atoms with Crippen molar-refractivity contribution < 1.29 is 9.90 Å². The number of nitrogens with two attached hydrogens (primary N) is 1. The average molecular weight is 173 g/mol. The van der Waals surface area contributed by atoms with Crippen LogP contribution in [0.2, 0.25) is 0 Å². The molecular weight excluding hydrogens is 154 g/mol. The van der Waals surface area contributed by atoms with E-state index in [9.17, 15) is 0 Å². The van der Waals surface area contributed by atoms with E-state index in [1.165, 1.54) is 25.7 Å². The molecule has 12 heavy (non-hydrogen) atoms. The molecule has 3 nitrogen and oxygen atoms in total. The molecule has 0 radical (unpaired) electrons. The Morgan fingerprint density at radius 3 is 2.17 bits per heavy atom. The summed E-state index contributed by atoms with van der Waals surface area (Å²) in [5.74, 6) is 1.81. The Hall–Kier alpha value is -0.570. The maximum atomic E-state index is 8.36. The zero-order valence-electron chi connectivity index (χ0n) is 7.70. The second-order valence-electron chi connectivity index (χ2n) is 3.47. The monoisotopic (exact) mass is 173 g/mol. The maximum Gasteiger partial charge on any atom is 0.290 e. The van der Waals surface area contributed by atoms with Crippen LogP contribution in [-0.4, -0.2) is 18.1 Å². The van der Waals surface area contributed by atoms with E-state index in [2.05, 4.69) is 6.92 Å². The van der Waals surface area contributed by atoms with E-state index in [-0.39, 0.29) is 6.47 Å². The second kappa shape index (κ2) is 7.10. The van der Waals surface area contributed by atoms with Crippen LogP contribution in [0.5, 0.6) is 0 Å². The first-order valence-corrected chi connectivity index (χ1v) is 4.52. The minimum atomic E-state index is -0.250.